The summed E-state index contributed by atoms with van der Waals surface area (Å²) in [6, 6.07) is 10.1. The average Bonchev–Trinajstić information content (AvgIpc) is 2.72. The van der Waals surface area contributed by atoms with Gasteiger partial charge in [0, 0.05) is 11.6 Å². The molecule has 2 rings (SSSR count). The number of carbonyl (C=O) groups excluding carboxylic acids is 1. The predicted molar refractivity (Wildman–Crippen MR) is 104 cm³/mol. The van der Waals surface area contributed by atoms with Gasteiger partial charge in [-0.05, 0) is 18.2 Å². The lowest BCUT2D eigenvalue weighted by Gasteiger charge is -2.10. The summed E-state index contributed by atoms with van der Waals surface area (Å²) in [5, 5.41) is 12.7. The van der Waals surface area contributed by atoms with Gasteiger partial charge in [0.05, 0.1) is 37.4 Å². The molecule has 0 fully saturated rings. The van der Waals surface area contributed by atoms with Gasteiger partial charge >= 0.3 is 5.97 Å². The zero-order valence-electron chi connectivity index (χ0n) is 15.6. The van der Waals surface area contributed by atoms with Crippen LogP contribution in [0.25, 0.3) is 0 Å². The molecule has 0 unspecified atom stereocenters. The monoisotopic (exact) mass is 421 g/mol. The van der Waals surface area contributed by atoms with E-state index in [2.05, 4.69) is 15.2 Å². The van der Waals surface area contributed by atoms with Crippen molar-refractivity contribution < 1.29 is 32.6 Å². The van der Waals surface area contributed by atoms with Crippen molar-refractivity contribution in [2.75, 3.05) is 20.8 Å². The zero-order chi connectivity index (χ0) is 21.4. The Morgan fingerprint density at radius 1 is 1.10 bits per heavy atom. The molecule has 29 heavy (non-hydrogen) atoms. The second-order valence-corrected chi connectivity index (χ2v) is 7.29. The van der Waals surface area contributed by atoms with Crippen LogP contribution in [0.5, 0.6) is 11.5 Å². The maximum atomic E-state index is 12.3. The van der Waals surface area contributed by atoms with E-state index in [1.54, 1.807) is 12.1 Å². The lowest BCUT2D eigenvalue weighted by atomic mass is 10.1. The largest absolute Gasteiger partial charge is 0.493 e. The zero-order valence-corrected chi connectivity index (χ0v) is 16.4. The highest BCUT2D eigenvalue weighted by Crippen LogP contribution is 2.29. The molecule has 11 heteroatoms. The van der Waals surface area contributed by atoms with Gasteiger partial charge in [-0.1, -0.05) is 18.2 Å². The van der Waals surface area contributed by atoms with Crippen LogP contribution in [0.4, 0.5) is 0 Å². The number of carboxylic acids is 1. The van der Waals surface area contributed by atoms with E-state index in [0.29, 0.717) is 5.75 Å². The van der Waals surface area contributed by atoms with Gasteiger partial charge in [-0.2, -0.15) is 5.10 Å². The third-order valence-corrected chi connectivity index (χ3v) is 5.07. The fourth-order valence-electron chi connectivity index (χ4n) is 2.25. The fraction of sp³-hybridized carbons (Fsp3) is 0.167. The van der Waals surface area contributed by atoms with Crippen LogP contribution in [0, 0.1) is 0 Å². The minimum atomic E-state index is -3.98. The van der Waals surface area contributed by atoms with Gasteiger partial charge in [0.15, 0.2) is 11.5 Å². The maximum Gasteiger partial charge on any atom is 0.336 e. The number of hydrogen-bond acceptors (Lipinski definition) is 7. The van der Waals surface area contributed by atoms with Crippen LogP contribution in [-0.4, -0.2) is 52.4 Å². The van der Waals surface area contributed by atoms with Gasteiger partial charge in [0.2, 0.25) is 10.0 Å². The summed E-state index contributed by atoms with van der Waals surface area (Å²) >= 11 is 0. The van der Waals surface area contributed by atoms with Crippen LogP contribution in [0.2, 0.25) is 0 Å². The SMILES string of the molecule is COc1ccc(S(=O)(=O)NCC(=O)N/N=C\c2ccccc2C(=O)O)cc1OC. The number of sulfonamides is 1. The topological polar surface area (TPSA) is 143 Å². The molecule has 2 aromatic rings. The van der Waals surface area contributed by atoms with Crippen LogP contribution >= 0.6 is 0 Å². The summed E-state index contributed by atoms with van der Waals surface area (Å²) in [6.07, 6.45) is 1.16. The minimum Gasteiger partial charge on any atom is -0.493 e. The Bertz CT molecular complexity index is 1040. The smallest absolute Gasteiger partial charge is 0.336 e. The normalized spacial score (nSPS) is 11.2. The molecule has 0 aromatic heterocycles. The molecule has 3 N–H and O–H groups in total. The van der Waals surface area contributed by atoms with Gasteiger partial charge in [0.25, 0.3) is 5.91 Å². The molecule has 0 aliphatic rings. The highest BCUT2D eigenvalue weighted by Gasteiger charge is 2.18. The van der Waals surface area contributed by atoms with E-state index >= 15 is 0 Å². The molecule has 0 heterocycles. The van der Waals surface area contributed by atoms with Gasteiger partial charge in [0.1, 0.15) is 0 Å². The Morgan fingerprint density at radius 3 is 2.45 bits per heavy atom. The number of aromatic carboxylic acids is 1. The average molecular weight is 421 g/mol. The molecule has 0 aliphatic heterocycles. The third-order valence-electron chi connectivity index (χ3n) is 3.67. The third kappa shape index (κ3) is 5.77. The van der Waals surface area contributed by atoms with Crippen molar-refractivity contribution in [2.45, 2.75) is 4.90 Å². The molecule has 0 saturated heterocycles. The van der Waals surface area contributed by atoms with Crippen molar-refractivity contribution in [1.82, 2.24) is 10.1 Å². The Labute approximate surface area is 167 Å². The molecular formula is C18H19N3O7S. The number of ether oxygens (including phenoxy) is 2. The van der Waals surface area contributed by atoms with Gasteiger partial charge in [-0.3, -0.25) is 4.79 Å². The van der Waals surface area contributed by atoms with Gasteiger partial charge in [-0.25, -0.2) is 23.4 Å². The highest BCUT2D eigenvalue weighted by molar-refractivity contribution is 7.89. The maximum absolute atomic E-state index is 12.3. The summed E-state index contributed by atoms with van der Waals surface area (Å²) in [6.45, 7) is -0.575. The lowest BCUT2D eigenvalue weighted by Crippen LogP contribution is -2.35. The molecular weight excluding hydrogens is 402 g/mol. The van der Waals surface area contributed by atoms with Crippen LogP contribution in [0.15, 0.2) is 52.5 Å². The molecule has 2 aromatic carbocycles. The van der Waals surface area contributed by atoms with Gasteiger partial charge in [-0.15, -0.1) is 0 Å². The molecule has 0 bridgehead atoms. The lowest BCUT2D eigenvalue weighted by molar-refractivity contribution is -0.119. The minimum absolute atomic E-state index is 0.0136. The summed E-state index contributed by atoms with van der Waals surface area (Å²) in [5.41, 5.74) is 2.43. The molecule has 0 aliphatic carbocycles. The summed E-state index contributed by atoms with van der Waals surface area (Å²) < 4.78 is 36.9. The van der Waals surface area contributed by atoms with Crippen LogP contribution < -0.4 is 19.6 Å². The number of hydrazone groups is 1. The standard InChI is InChI=1S/C18H19N3O7S/c1-27-15-8-7-13(9-16(15)28-2)29(25,26)20-11-17(22)21-19-10-12-5-3-4-6-14(12)18(23)24/h3-10,20H,11H2,1-2H3,(H,21,22)(H,23,24)/b19-10-. The Kier molecular flexibility index (Phi) is 7.28. The quantitative estimate of drug-likeness (QED) is 0.402. The highest BCUT2D eigenvalue weighted by atomic mass is 32.2. The second kappa shape index (κ2) is 9.66. The van der Waals surface area contributed by atoms with E-state index in [9.17, 15) is 18.0 Å². The number of methoxy groups -OCH3 is 2. The molecule has 1 amide bonds. The number of nitrogens with one attached hydrogen (secondary N) is 2. The number of carboxylic acid groups (broad SMARTS) is 1. The van der Waals surface area contributed by atoms with Crippen LogP contribution in [0.3, 0.4) is 0 Å². The first-order valence-electron chi connectivity index (χ1n) is 8.14. The number of benzene rings is 2. The Hall–Kier alpha value is -3.44. The molecule has 10 nitrogen and oxygen atoms in total. The first kappa shape index (κ1) is 21.9. The van der Waals surface area contributed by atoms with E-state index in [4.69, 9.17) is 14.6 Å². The molecule has 0 atom stereocenters. The second-order valence-electron chi connectivity index (χ2n) is 5.53. The molecule has 0 saturated carbocycles. The Morgan fingerprint density at radius 2 is 1.79 bits per heavy atom. The van der Waals surface area contributed by atoms with E-state index in [0.717, 1.165) is 6.21 Å². The van der Waals surface area contributed by atoms with Crippen molar-refractivity contribution >= 4 is 28.1 Å². The predicted octanol–water partition coefficient (Wildman–Crippen LogP) is 0.831. The van der Waals surface area contributed by atoms with Crippen LogP contribution in [-0.2, 0) is 14.8 Å². The molecule has 154 valence electrons. The number of carbonyl (C=O) groups is 2. The first-order valence-corrected chi connectivity index (χ1v) is 9.62. The van der Waals surface area contributed by atoms with E-state index in [1.165, 1.54) is 44.6 Å². The summed E-state index contributed by atoms with van der Waals surface area (Å²) in [4.78, 5) is 22.8. The van der Waals surface area contributed by atoms with Gasteiger partial charge < -0.3 is 14.6 Å². The van der Waals surface area contributed by atoms with E-state index < -0.39 is 28.4 Å². The van der Waals surface area contributed by atoms with Crippen LogP contribution in [0.1, 0.15) is 15.9 Å². The van der Waals surface area contributed by atoms with E-state index in [1.807, 2.05) is 0 Å². The van der Waals surface area contributed by atoms with Crippen molar-refractivity contribution in [3.63, 3.8) is 0 Å². The van der Waals surface area contributed by atoms with E-state index in [-0.39, 0.29) is 21.8 Å². The molecule has 0 spiro atoms. The van der Waals surface area contributed by atoms with Crippen molar-refractivity contribution in [3.05, 3.63) is 53.6 Å². The number of rotatable bonds is 9. The first-order chi connectivity index (χ1) is 13.8. The molecule has 0 radical (unpaired) electrons. The van der Waals surface area contributed by atoms with Crippen molar-refractivity contribution in [1.29, 1.82) is 0 Å². The fourth-order valence-corrected chi connectivity index (χ4v) is 3.24. The number of hydrogen-bond donors (Lipinski definition) is 3. The Balaban J connectivity index is 1.99. The van der Waals surface area contributed by atoms with Crippen molar-refractivity contribution in [2.24, 2.45) is 5.10 Å². The summed E-state index contributed by atoms with van der Waals surface area (Å²) in [7, 11) is -1.19. The van der Waals surface area contributed by atoms with Crippen molar-refractivity contribution in [3.8, 4) is 11.5 Å². The number of nitrogens with zero attached hydrogens (tertiary/aromatic N) is 1. The summed E-state index contributed by atoms with van der Waals surface area (Å²) in [5.74, 6) is -1.29. The number of amides is 1.